The van der Waals surface area contributed by atoms with Crippen molar-refractivity contribution in [2.75, 3.05) is 25.2 Å². The largest absolute Gasteiger partial charge is 0.497 e. The number of rotatable bonds is 10. The molecule has 0 saturated carbocycles. The molecule has 0 aliphatic carbocycles. The molecule has 1 unspecified atom stereocenters. The molecular weight excluding hydrogens is 532 g/mol. The predicted octanol–water partition coefficient (Wildman–Crippen LogP) is 2.45. The summed E-state index contributed by atoms with van der Waals surface area (Å²) in [6, 6.07) is 5.20. The van der Waals surface area contributed by atoms with Crippen molar-refractivity contribution in [3.05, 3.63) is 36.9 Å². The van der Waals surface area contributed by atoms with Gasteiger partial charge in [0.25, 0.3) is 5.91 Å². The van der Waals surface area contributed by atoms with E-state index in [1.807, 2.05) is 13.8 Å². The number of fused-ring (bicyclic) bond motifs is 1. The number of alkyl halides is 1. The number of carboxylic acid groups (broad SMARTS) is 1. The van der Waals surface area contributed by atoms with Gasteiger partial charge in [-0.05, 0) is 36.6 Å². The van der Waals surface area contributed by atoms with E-state index >= 15 is 0 Å². The van der Waals surface area contributed by atoms with Gasteiger partial charge in [-0.15, -0.1) is 6.58 Å². The average molecular weight is 565 g/mol. The number of aliphatic hydroxyl groups excluding tert-OH is 1. The molecule has 0 aromatic heterocycles. The van der Waals surface area contributed by atoms with Crippen molar-refractivity contribution in [3.63, 3.8) is 0 Å². The minimum atomic E-state index is -1.32. The second-order valence-corrected chi connectivity index (χ2v) is 11.0. The lowest BCUT2D eigenvalue weighted by atomic mass is 9.70. The van der Waals surface area contributed by atoms with Crippen LogP contribution in [0.25, 0.3) is 0 Å². The Kier molecular flexibility index (Phi) is 7.50. The Morgan fingerprint density at radius 1 is 1.39 bits per heavy atom. The number of aliphatic hydroxyl groups is 1. The first-order valence-electron chi connectivity index (χ1n) is 12.2. The summed E-state index contributed by atoms with van der Waals surface area (Å²) in [6.07, 6.45) is 1.85. The van der Waals surface area contributed by atoms with Crippen LogP contribution in [0.2, 0.25) is 0 Å². The fourth-order valence-corrected chi connectivity index (χ4v) is 7.10. The molecule has 3 aliphatic heterocycles. The maximum atomic E-state index is 14.4. The van der Waals surface area contributed by atoms with Crippen molar-refractivity contribution in [2.45, 2.75) is 55.3 Å². The summed E-state index contributed by atoms with van der Waals surface area (Å²) in [5.74, 6) is -3.57. The van der Waals surface area contributed by atoms with E-state index in [1.165, 1.54) is 9.80 Å². The number of halogens is 1. The van der Waals surface area contributed by atoms with Gasteiger partial charge in [-0.2, -0.15) is 0 Å². The van der Waals surface area contributed by atoms with Crippen LogP contribution in [0.15, 0.2) is 36.9 Å². The van der Waals surface area contributed by atoms with E-state index in [4.69, 9.17) is 9.47 Å². The fourth-order valence-electron chi connectivity index (χ4n) is 6.16. The second kappa shape index (κ2) is 10.1. The Labute approximate surface area is 219 Å². The number of aliphatic carboxylic acids is 1. The zero-order valence-corrected chi connectivity index (χ0v) is 22.3. The van der Waals surface area contributed by atoms with Crippen LogP contribution in [0.3, 0.4) is 0 Å². The Hall–Kier alpha value is -2.43. The van der Waals surface area contributed by atoms with Crippen molar-refractivity contribution >= 4 is 39.4 Å². The number of hydrogen-bond donors (Lipinski definition) is 2. The molecule has 196 valence electrons. The first kappa shape index (κ1) is 26.6. The number of amides is 2. The third kappa shape index (κ3) is 3.94. The second-order valence-electron chi connectivity index (χ2n) is 9.82. The lowest BCUT2D eigenvalue weighted by molar-refractivity contribution is -0.151. The van der Waals surface area contributed by atoms with Gasteiger partial charge in [0.05, 0.1) is 37.7 Å². The molecule has 3 heterocycles. The summed E-state index contributed by atoms with van der Waals surface area (Å²) in [4.78, 5) is 43.3. The maximum absolute atomic E-state index is 14.4. The van der Waals surface area contributed by atoms with Crippen LogP contribution in [0.5, 0.6) is 5.75 Å². The molecule has 3 aliphatic rings. The number of hydrogen-bond acceptors (Lipinski definition) is 6. The molecule has 1 spiro atoms. The van der Waals surface area contributed by atoms with Crippen LogP contribution in [-0.4, -0.2) is 81.8 Å². The number of likely N-dealkylation sites (tertiary alicyclic amines) is 1. The van der Waals surface area contributed by atoms with E-state index in [-0.39, 0.29) is 23.9 Å². The van der Waals surface area contributed by atoms with Crippen molar-refractivity contribution < 1.29 is 34.1 Å². The number of nitrogens with zero attached hydrogens (tertiary/aromatic N) is 2. The van der Waals surface area contributed by atoms with Gasteiger partial charge in [-0.1, -0.05) is 42.3 Å². The quantitative estimate of drug-likeness (QED) is 0.331. The maximum Gasteiger partial charge on any atom is 0.310 e. The van der Waals surface area contributed by atoms with E-state index < -0.39 is 53.4 Å². The van der Waals surface area contributed by atoms with E-state index in [0.29, 0.717) is 24.3 Å². The molecular formula is C26H33BrN2O7. The van der Waals surface area contributed by atoms with Crippen LogP contribution in [0, 0.1) is 17.8 Å². The molecule has 8 atom stereocenters. The molecule has 10 heteroatoms. The molecule has 2 N–H and O–H groups in total. The summed E-state index contributed by atoms with van der Waals surface area (Å²) < 4.78 is 11.6. The summed E-state index contributed by atoms with van der Waals surface area (Å²) >= 11 is 3.55. The molecule has 4 rings (SSSR count). The van der Waals surface area contributed by atoms with E-state index in [9.17, 15) is 24.6 Å². The van der Waals surface area contributed by atoms with E-state index in [0.717, 1.165) is 0 Å². The van der Waals surface area contributed by atoms with Crippen LogP contribution in [-0.2, 0) is 19.1 Å². The Bertz CT molecular complexity index is 1030. The number of carbonyl (C=O) groups excluding carboxylic acids is 2. The highest BCUT2D eigenvalue weighted by atomic mass is 79.9. The van der Waals surface area contributed by atoms with Crippen LogP contribution in [0.4, 0.5) is 5.69 Å². The predicted molar refractivity (Wildman–Crippen MR) is 136 cm³/mol. The molecule has 2 amide bonds. The molecule has 2 bridgehead atoms. The highest BCUT2D eigenvalue weighted by Crippen LogP contribution is 2.60. The van der Waals surface area contributed by atoms with E-state index in [2.05, 4.69) is 22.5 Å². The monoisotopic (exact) mass is 564 g/mol. The number of methoxy groups -OCH3 is 1. The molecule has 3 saturated heterocycles. The average Bonchev–Trinajstić information content (AvgIpc) is 3.46. The molecule has 9 nitrogen and oxygen atoms in total. The topological polar surface area (TPSA) is 117 Å². The Morgan fingerprint density at radius 2 is 2.06 bits per heavy atom. The molecule has 1 aromatic rings. The van der Waals surface area contributed by atoms with Gasteiger partial charge in [-0.3, -0.25) is 14.4 Å². The molecule has 1 aromatic carbocycles. The highest BCUT2D eigenvalue weighted by molar-refractivity contribution is 9.09. The lowest BCUT2D eigenvalue weighted by Gasteiger charge is -2.41. The number of ether oxygens (including phenoxy) is 2. The number of carboxylic acids is 1. The Morgan fingerprint density at radius 3 is 2.58 bits per heavy atom. The summed E-state index contributed by atoms with van der Waals surface area (Å²) in [7, 11) is 1.55. The Balaban J connectivity index is 1.85. The van der Waals surface area contributed by atoms with Crippen molar-refractivity contribution in [2.24, 2.45) is 17.8 Å². The molecule has 3 fully saturated rings. The fraction of sp³-hybridized carbons (Fsp3) is 0.577. The summed E-state index contributed by atoms with van der Waals surface area (Å²) in [5, 5.41) is 20.4. The van der Waals surface area contributed by atoms with Crippen molar-refractivity contribution in [3.8, 4) is 5.75 Å². The van der Waals surface area contributed by atoms with Crippen LogP contribution < -0.4 is 9.64 Å². The summed E-state index contributed by atoms with van der Waals surface area (Å²) in [6.45, 7) is 7.47. The van der Waals surface area contributed by atoms with Gasteiger partial charge >= 0.3 is 5.97 Å². The minimum absolute atomic E-state index is 0.126. The first-order valence-corrected chi connectivity index (χ1v) is 13.1. The van der Waals surface area contributed by atoms with Gasteiger partial charge in [0.1, 0.15) is 17.4 Å². The van der Waals surface area contributed by atoms with Crippen molar-refractivity contribution in [1.29, 1.82) is 0 Å². The van der Waals surface area contributed by atoms with Gasteiger partial charge in [-0.25, -0.2) is 0 Å². The number of anilines is 1. The number of benzene rings is 1. The van der Waals surface area contributed by atoms with Gasteiger partial charge in [0.2, 0.25) is 5.91 Å². The summed E-state index contributed by atoms with van der Waals surface area (Å²) in [5.41, 5.74) is -0.738. The third-order valence-corrected chi connectivity index (χ3v) is 8.90. The standard InChI is InChI=1S/C26H33BrN2O7/c1-5-11-28(15-7-9-16(35-4)10-8-15)24(32)22-26-12-17(27)21(36-26)19(25(33)34)20(26)23(31)29(22)18(13-30)14(3)6-2/h5,7-10,14,17-22,30H,1,6,11-13H2,2-4H3,(H,33,34)/t14-,17?,18-,19+,20-,21+,22+,26-/m0/s1. The smallest absolute Gasteiger partial charge is 0.310 e. The normalized spacial score (nSPS) is 32.2. The first-order chi connectivity index (χ1) is 17.2. The van der Waals surface area contributed by atoms with Crippen LogP contribution >= 0.6 is 15.9 Å². The van der Waals surface area contributed by atoms with Gasteiger partial charge in [0.15, 0.2) is 0 Å². The van der Waals surface area contributed by atoms with E-state index in [1.54, 1.807) is 37.5 Å². The zero-order valence-electron chi connectivity index (χ0n) is 20.7. The minimum Gasteiger partial charge on any atom is -0.497 e. The zero-order chi connectivity index (χ0) is 26.4. The lowest BCUT2D eigenvalue weighted by Crippen LogP contribution is -2.60. The van der Waals surface area contributed by atoms with Gasteiger partial charge in [0, 0.05) is 17.1 Å². The highest BCUT2D eigenvalue weighted by Gasteiger charge is 2.77. The van der Waals surface area contributed by atoms with Crippen molar-refractivity contribution in [1.82, 2.24) is 4.90 Å². The van der Waals surface area contributed by atoms with Crippen LogP contribution in [0.1, 0.15) is 26.7 Å². The molecule has 0 radical (unpaired) electrons. The number of carbonyl (C=O) groups is 3. The molecule has 36 heavy (non-hydrogen) atoms. The SMILES string of the molecule is C=CCN(C(=O)[C@H]1N([C@@H](CO)[C@@H](C)CC)C(=O)[C@@H]2[C@@H](C(=O)O)[C@@H]3O[C@@]21CC3Br)c1ccc(OC)cc1. The van der Waals surface area contributed by atoms with Gasteiger partial charge < -0.3 is 29.5 Å². The third-order valence-electron chi connectivity index (χ3n) is 8.05.